The summed E-state index contributed by atoms with van der Waals surface area (Å²) in [7, 11) is 0. The number of benzene rings is 2. The van der Waals surface area contributed by atoms with Gasteiger partial charge in [0.15, 0.2) is 17.3 Å². The minimum Gasteiger partial charge on any atom is -0.486 e. The summed E-state index contributed by atoms with van der Waals surface area (Å²) < 4.78 is 26.5. The van der Waals surface area contributed by atoms with Crippen LogP contribution in [0.15, 0.2) is 53.7 Å². The summed E-state index contributed by atoms with van der Waals surface area (Å²) in [5.74, 6) is 6.92. The van der Waals surface area contributed by atoms with Gasteiger partial charge in [0.2, 0.25) is 11.1 Å². The lowest BCUT2D eigenvalue weighted by Gasteiger charge is -2.26. The van der Waals surface area contributed by atoms with E-state index in [-0.39, 0.29) is 29.2 Å². The van der Waals surface area contributed by atoms with E-state index in [1.165, 1.54) is 10.7 Å². The number of fused-ring (bicyclic) bond motifs is 1. The third-order valence-electron chi connectivity index (χ3n) is 4.21. The maximum absolute atomic E-state index is 13.9. The zero-order chi connectivity index (χ0) is 20.2. The number of hydrogen-bond donors (Lipinski definition) is 2. The summed E-state index contributed by atoms with van der Waals surface area (Å²) >= 11 is 1.11. The fraction of sp³-hybridized carbons (Fsp3) is 0.211. The zero-order valence-electron chi connectivity index (χ0n) is 15.2. The molecule has 4 rings (SSSR count). The van der Waals surface area contributed by atoms with Crippen LogP contribution in [-0.4, -0.2) is 45.8 Å². The molecule has 8 nitrogen and oxygen atoms in total. The second kappa shape index (κ2) is 8.39. The molecule has 29 heavy (non-hydrogen) atoms. The number of para-hydroxylation sites is 2. The molecule has 2 heterocycles. The number of nitrogen functional groups attached to an aromatic ring is 1. The van der Waals surface area contributed by atoms with E-state index in [4.69, 9.17) is 15.3 Å². The lowest BCUT2D eigenvalue weighted by atomic mass is 10.2. The van der Waals surface area contributed by atoms with Crippen molar-refractivity contribution in [2.24, 2.45) is 0 Å². The molecule has 1 amide bonds. The predicted octanol–water partition coefficient (Wildman–Crippen LogP) is 1.85. The Bertz CT molecular complexity index is 1030. The molecule has 150 valence electrons. The lowest BCUT2D eigenvalue weighted by molar-refractivity contribution is -0.119. The molecule has 0 saturated carbocycles. The van der Waals surface area contributed by atoms with Crippen molar-refractivity contribution in [2.45, 2.75) is 11.3 Å². The van der Waals surface area contributed by atoms with Crippen molar-refractivity contribution in [3.8, 4) is 22.9 Å². The molecule has 1 aliphatic rings. The molecule has 0 fully saturated rings. The third-order valence-corrected chi connectivity index (χ3v) is 5.15. The Balaban J connectivity index is 1.29. The van der Waals surface area contributed by atoms with E-state index in [1.807, 2.05) is 24.3 Å². The Labute approximate surface area is 170 Å². The van der Waals surface area contributed by atoms with Crippen molar-refractivity contribution in [2.75, 3.05) is 24.7 Å². The van der Waals surface area contributed by atoms with Crippen molar-refractivity contribution >= 4 is 17.7 Å². The van der Waals surface area contributed by atoms with Crippen LogP contribution in [0, 0.1) is 5.82 Å². The number of amides is 1. The molecule has 3 aromatic rings. The van der Waals surface area contributed by atoms with Gasteiger partial charge in [-0.1, -0.05) is 36.0 Å². The molecule has 0 spiro atoms. The number of carbonyl (C=O) groups excluding carboxylic acids is 1. The Morgan fingerprint density at radius 2 is 1.97 bits per heavy atom. The van der Waals surface area contributed by atoms with Crippen LogP contribution in [0.25, 0.3) is 11.4 Å². The van der Waals surface area contributed by atoms with Crippen LogP contribution in [0.2, 0.25) is 0 Å². The van der Waals surface area contributed by atoms with Crippen molar-refractivity contribution in [3.63, 3.8) is 0 Å². The van der Waals surface area contributed by atoms with Crippen molar-refractivity contribution in [1.82, 2.24) is 20.2 Å². The van der Waals surface area contributed by atoms with Crippen LogP contribution < -0.4 is 20.6 Å². The topological polar surface area (TPSA) is 104 Å². The van der Waals surface area contributed by atoms with Crippen LogP contribution in [0.4, 0.5) is 4.39 Å². The van der Waals surface area contributed by atoms with Gasteiger partial charge in [-0.25, -0.2) is 9.07 Å². The summed E-state index contributed by atoms with van der Waals surface area (Å²) in [4.78, 5) is 12.2. The van der Waals surface area contributed by atoms with Crippen molar-refractivity contribution in [3.05, 3.63) is 54.3 Å². The summed E-state index contributed by atoms with van der Waals surface area (Å²) in [5.41, 5.74) is 0.244. The van der Waals surface area contributed by atoms with E-state index in [1.54, 1.807) is 18.2 Å². The average Bonchev–Trinajstić information content (AvgIpc) is 3.11. The van der Waals surface area contributed by atoms with E-state index in [2.05, 4.69) is 15.5 Å². The first-order valence-corrected chi connectivity index (χ1v) is 9.84. The highest BCUT2D eigenvalue weighted by Gasteiger charge is 2.21. The van der Waals surface area contributed by atoms with Gasteiger partial charge >= 0.3 is 0 Å². The number of ether oxygens (including phenoxy) is 2. The smallest absolute Gasteiger partial charge is 0.230 e. The number of nitrogens with one attached hydrogen (secondary N) is 1. The van der Waals surface area contributed by atoms with Crippen molar-refractivity contribution in [1.29, 1.82) is 0 Å². The molecule has 0 aliphatic carbocycles. The van der Waals surface area contributed by atoms with E-state index in [9.17, 15) is 9.18 Å². The highest BCUT2D eigenvalue weighted by atomic mass is 32.2. The molecule has 1 aliphatic heterocycles. The number of carbonyl (C=O) groups is 1. The first kappa shape index (κ1) is 19.1. The van der Waals surface area contributed by atoms with Gasteiger partial charge in [-0.15, -0.1) is 10.2 Å². The van der Waals surface area contributed by atoms with Gasteiger partial charge in [0.05, 0.1) is 17.9 Å². The molecule has 0 radical (unpaired) electrons. The van der Waals surface area contributed by atoms with Crippen LogP contribution in [0.5, 0.6) is 11.5 Å². The molecule has 2 aromatic carbocycles. The monoisotopic (exact) mass is 415 g/mol. The van der Waals surface area contributed by atoms with Crippen LogP contribution in [0.1, 0.15) is 0 Å². The second-order valence-corrected chi connectivity index (χ2v) is 7.19. The Hall–Kier alpha value is -3.27. The molecular formula is C19H18FN5O3S. The van der Waals surface area contributed by atoms with Gasteiger partial charge in [-0.05, 0) is 24.3 Å². The van der Waals surface area contributed by atoms with Crippen LogP contribution >= 0.6 is 11.8 Å². The van der Waals surface area contributed by atoms with Gasteiger partial charge in [-0.2, -0.15) is 0 Å². The SMILES string of the molecule is Nn1c(SCC(=O)NC[C@@H]2COc3ccccc3O2)nnc1-c1ccccc1F. The standard InChI is InChI=1S/C19H18FN5O3S/c20-14-6-2-1-5-13(14)18-23-24-19(25(18)21)29-11-17(26)22-9-12-10-27-15-7-3-4-8-16(15)28-12/h1-8,12H,9-11,21H2,(H,22,26)/t12-/m1/s1. The van der Waals surface area contributed by atoms with E-state index >= 15 is 0 Å². The zero-order valence-corrected chi connectivity index (χ0v) is 16.1. The van der Waals surface area contributed by atoms with Gasteiger partial charge in [0, 0.05) is 0 Å². The van der Waals surface area contributed by atoms with Gasteiger partial charge in [0.1, 0.15) is 18.5 Å². The van der Waals surface area contributed by atoms with Gasteiger partial charge < -0.3 is 20.6 Å². The van der Waals surface area contributed by atoms with Crippen LogP contribution in [0.3, 0.4) is 0 Å². The van der Waals surface area contributed by atoms with E-state index in [0.717, 1.165) is 11.8 Å². The average molecular weight is 415 g/mol. The molecule has 3 N–H and O–H groups in total. The predicted molar refractivity (Wildman–Crippen MR) is 106 cm³/mol. The van der Waals surface area contributed by atoms with Gasteiger partial charge in [-0.3, -0.25) is 4.79 Å². The Kier molecular flexibility index (Phi) is 5.52. The molecule has 1 atom stereocenters. The minimum absolute atomic E-state index is 0.0801. The quantitative estimate of drug-likeness (QED) is 0.468. The Morgan fingerprint density at radius 1 is 1.21 bits per heavy atom. The number of nitrogens with two attached hydrogens (primary N) is 1. The van der Waals surface area contributed by atoms with Crippen molar-refractivity contribution < 1.29 is 18.7 Å². The number of nitrogens with zero attached hydrogens (tertiary/aromatic N) is 3. The minimum atomic E-state index is -0.447. The van der Waals surface area contributed by atoms with Gasteiger partial charge in [0.25, 0.3) is 0 Å². The maximum atomic E-state index is 13.9. The van der Waals surface area contributed by atoms with E-state index in [0.29, 0.717) is 29.8 Å². The highest BCUT2D eigenvalue weighted by molar-refractivity contribution is 7.99. The lowest BCUT2D eigenvalue weighted by Crippen LogP contribution is -2.41. The second-order valence-electron chi connectivity index (χ2n) is 6.25. The highest BCUT2D eigenvalue weighted by Crippen LogP contribution is 2.30. The summed E-state index contributed by atoms with van der Waals surface area (Å²) in [6, 6.07) is 13.5. The fourth-order valence-corrected chi connectivity index (χ4v) is 3.46. The molecule has 0 bridgehead atoms. The molecule has 0 unspecified atom stereocenters. The maximum Gasteiger partial charge on any atom is 0.230 e. The number of rotatable bonds is 6. The molecule has 10 heteroatoms. The summed E-state index contributed by atoms with van der Waals surface area (Å²) in [5, 5.41) is 11.0. The largest absolute Gasteiger partial charge is 0.486 e. The fourth-order valence-electron chi connectivity index (χ4n) is 2.77. The normalized spacial score (nSPS) is 15.1. The molecule has 0 saturated heterocycles. The molecular weight excluding hydrogens is 397 g/mol. The first-order chi connectivity index (χ1) is 14.1. The number of thioether (sulfide) groups is 1. The van der Waals surface area contributed by atoms with E-state index < -0.39 is 5.82 Å². The number of hydrogen-bond acceptors (Lipinski definition) is 7. The number of halogens is 1. The number of aromatic nitrogens is 3. The summed E-state index contributed by atoms with van der Waals surface area (Å²) in [6.07, 6.45) is -0.273. The third kappa shape index (κ3) is 4.27. The Morgan fingerprint density at radius 3 is 2.79 bits per heavy atom. The molecule has 1 aromatic heterocycles. The first-order valence-electron chi connectivity index (χ1n) is 8.85. The van der Waals surface area contributed by atoms with Crippen LogP contribution in [-0.2, 0) is 4.79 Å². The summed E-state index contributed by atoms with van der Waals surface area (Å²) in [6.45, 7) is 0.664.